The maximum absolute atomic E-state index is 11.9. The predicted molar refractivity (Wildman–Crippen MR) is 67.8 cm³/mol. The molecule has 0 aliphatic heterocycles. The van der Waals surface area contributed by atoms with Gasteiger partial charge in [0.15, 0.2) is 0 Å². The summed E-state index contributed by atoms with van der Waals surface area (Å²) < 4.78 is 0. The van der Waals surface area contributed by atoms with Gasteiger partial charge in [-0.1, -0.05) is 19.1 Å². The molecular formula is C14H17NO2. The van der Waals surface area contributed by atoms with Gasteiger partial charge in [0.2, 0.25) is 0 Å². The van der Waals surface area contributed by atoms with E-state index in [1.54, 1.807) is 25.1 Å². The van der Waals surface area contributed by atoms with E-state index >= 15 is 0 Å². The number of aromatic hydroxyl groups is 1. The van der Waals surface area contributed by atoms with Gasteiger partial charge in [-0.3, -0.25) is 4.79 Å². The highest BCUT2D eigenvalue weighted by Gasteiger charge is 2.15. The third kappa shape index (κ3) is 3.25. The van der Waals surface area contributed by atoms with Gasteiger partial charge in [0.1, 0.15) is 5.75 Å². The van der Waals surface area contributed by atoms with E-state index in [1.807, 2.05) is 6.92 Å². The number of hydrogen-bond acceptors (Lipinski definition) is 2. The molecule has 0 aromatic heterocycles. The van der Waals surface area contributed by atoms with E-state index in [0.717, 1.165) is 6.42 Å². The van der Waals surface area contributed by atoms with Crippen LogP contribution >= 0.6 is 0 Å². The Labute approximate surface area is 102 Å². The molecule has 0 radical (unpaired) electrons. The molecule has 0 heterocycles. The van der Waals surface area contributed by atoms with Crippen molar-refractivity contribution in [3.05, 3.63) is 29.3 Å². The number of carbonyl (C=O) groups is 1. The molecule has 1 atom stereocenters. The van der Waals surface area contributed by atoms with Crippen molar-refractivity contribution in [2.45, 2.75) is 32.7 Å². The largest absolute Gasteiger partial charge is 0.507 e. The summed E-state index contributed by atoms with van der Waals surface area (Å²) >= 11 is 0. The molecule has 1 aromatic rings. The number of carbonyl (C=O) groups excluding carboxylic acids is 1. The van der Waals surface area contributed by atoms with Gasteiger partial charge in [-0.15, -0.1) is 12.3 Å². The van der Waals surface area contributed by atoms with Crippen molar-refractivity contribution in [1.29, 1.82) is 0 Å². The van der Waals surface area contributed by atoms with Gasteiger partial charge < -0.3 is 10.4 Å². The van der Waals surface area contributed by atoms with E-state index in [9.17, 15) is 9.90 Å². The number of benzene rings is 1. The Balaban J connectivity index is 2.83. The topological polar surface area (TPSA) is 49.3 Å². The highest BCUT2D eigenvalue weighted by Crippen LogP contribution is 2.21. The highest BCUT2D eigenvalue weighted by atomic mass is 16.3. The van der Waals surface area contributed by atoms with Crippen molar-refractivity contribution in [1.82, 2.24) is 5.32 Å². The summed E-state index contributed by atoms with van der Waals surface area (Å²) in [7, 11) is 0. The molecule has 0 aliphatic rings. The summed E-state index contributed by atoms with van der Waals surface area (Å²) in [5, 5.41) is 12.6. The third-order valence-corrected chi connectivity index (χ3v) is 2.67. The van der Waals surface area contributed by atoms with Crippen molar-refractivity contribution in [2.75, 3.05) is 0 Å². The van der Waals surface area contributed by atoms with Crippen LogP contribution in [0.3, 0.4) is 0 Å². The van der Waals surface area contributed by atoms with Crippen LogP contribution in [0.2, 0.25) is 0 Å². The molecule has 0 bridgehead atoms. The second kappa shape index (κ2) is 5.95. The summed E-state index contributed by atoms with van der Waals surface area (Å²) in [5.41, 5.74) is 0.975. The highest BCUT2D eigenvalue weighted by molar-refractivity contribution is 5.97. The quantitative estimate of drug-likeness (QED) is 0.781. The summed E-state index contributed by atoms with van der Waals surface area (Å²) in [4.78, 5) is 11.9. The molecule has 0 saturated heterocycles. The maximum Gasteiger partial charge on any atom is 0.255 e. The minimum Gasteiger partial charge on any atom is -0.507 e. The van der Waals surface area contributed by atoms with Crippen LogP contribution in [-0.4, -0.2) is 17.1 Å². The lowest BCUT2D eigenvalue weighted by Crippen LogP contribution is -2.34. The minimum absolute atomic E-state index is 0.0283. The average Bonchev–Trinajstić information content (AvgIpc) is 2.31. The number of phenolic OH excluding ortho intramolecular Hbond substituents is 1. The molecule has 3 heteroatoms. The van der Waals surface area contributed by atoms with Crippen molar-refractivity contribution in [3.63, 3.8) is 0 Å². The number of hydrogen-bond donors (Lipinski definition) is 2. The Bertz CT molecular complexity index is 446. The molecule has 17 heavy (non-hydrogen) atoms. The molecule has 1 rings (SSSR count). The van der Waals surface area contributed by atoms with Crippen molar-refractivity contribution >= 4 is 5.91 Å². The molecule has 0 aliphatic carbocycles. The zero-order valence-corrected chi connectivity index (χ0v) is 10.2. The SMILES string of the molecule is C#CCC(CC)NC(=O)c1cccc(C)c1O. The van der Waals surface area contributed by atoms with Gasteiger partial charge in [-0.25, -0.2) is 0 Å². The van der Waals surface area contributed by atoms with Gasteiger partial charge in [0.05, 0.1) is 5.56 Å². The van der Waals surface area contributed by atoms with Gasteiger partial charge in [0, 0.05) is 12.5 Å². The fourth-order valence-electron chi connectivity index (χ4n) is 1.55. The van der Waals surface area contributed by atoms with Crippen LogP contribution in [0.5, 0.6) is 5.75 Å². The molecule has 0 fully saturated rings. The van der Waals surface area contributed by atoms with Crippen molar-refractivity contribution in [3.8, 4) is 18.1 Å². The second-order valence-electron chi connectivity index (χ2n) is 3.96. The first-order chi connectivity index (χ1) is 8.10. The van der Waals surface area contributed by atoms with Crippen LogP contribution in [0.15, 0.2) is 18.2 Å². The van der Waals surface area contributed by atoms with Gasteiger partial charge in [-0.2, -0.15) is 0 Å². The molecule has 0 spiro atoms. The van der Waals surface area contributed by atoms with Crippen molar-refractivity contribution in [2.24, 2.45) is 0 Å². The Morgan fingerprint density at radius 2 is 2.29 bits per heavy atom. The number of phenols is 1. The lowest BCUT2D eigenvalue weighted by atomic mass is 10.1. The average molecular weight is 231 g/mol. The van der Waals surface area contributed by atoms with E-state index in [-0.39, 0.29) is 17.7 Å². The fraction of sp³-hybridized carbons (Fsp3) is 0.357. The first-order valence-electron chi connectivity index (χ1n) is 5.63. The molecule has 0 saturated carbocycles. The number of rotatable bonds is 4. The van der Waals surface area contributed by atoms with Crippen LogP contribution in [0.1, 0.15) is 35.7 Å². The van der Waals surface area contributed by atoms with Crippen LogP contribution in [0.4, 0.5) is 0 Å². The molecule has 1 amide bonds. The zero-order chi connectivity index (χ0) is 12.8. The van der Waals surface area contributed by atoms with E-state index in [0.29, 0.717) is 17.5 Å². The first-order valence-corrected chi connectivity index (χ1v) is 5.63. The summed E-state index contributed by atoms with van der Waals surface area (Å²) in [6.07, 6.45) is 6.48. The second-order valence-corrected chi connectivity index (χ2v) is 3.96. The Morgan fingerprint density at radius 3 is 2.88 bits per heavy atom. The number of terminal acetylenes is 1. The molecule has 1 unspecified atom stereocenters. The Hall–Kier alpha value is -1.95. The monoisotopic (exact) mass is 231 g/mol. The van der Waals surface area contributed by atoms with E-state index < -0.39 is 0 Å². The fourth-order valence-corrected chi connectivity index (χ4v) is 1.55. The smallest absolute Gasteiger partial charge is 0.255 e. The Morgan fingerprint density at radius 1 is 1.59 bits per heavy atom. The third-order valence-electron chi connectivity index (χ3n) is 2.67. The number of para-hydroxylation sites is 1. The van der Waals surface area contributed by atoms with Crippen LogP contribution < -0.4 is 5.32 Å². The molecular weight excluding hydrogens is 214 g/mol. The summed E-state index contributed by atoms with van der Waals surface area (Å²) in [6, 6.07) is 5.05. The van der Waals surface area contributed by atoms with Crippen LogP contribution in [0, 0.1) is 19.3 Å². The number of aryl methyl sites for hydroxylation is 1. The zero-order valence-electron chi connectivity index (χ0n) is 10.2. The van der Waals surface area contributed by atoms with E-state index in [4.69, 9.17) is 6.42 Å². The number of nitrogens with one attached hydrogen (secondary N) is 1. The van der Waals surface area contributed by atoms with E-state index in [2.05, 4.69) is 11.2 Å². The van der Waals surface area contributed by atoms with Gasteiger partial charge in [0.25, 0.3) is 5.91 Å². The lowest BCUT2D eigenvalue weighted by Gasteiger charge is -2.15. The molecule has 1 aromatic carbocycles. The molecule has 3 nitrogen and oxygen atoms in total. The number of amides is 1. The molecule has 2 N–H and O–H groups in total. The molecule has 90 valence electrons. The maximum atomic E-state index is 11.9. The Kier molecular flexibility index (Phi) is 4.59. The first kappa shape index (κ1) is 13.1. The van der Waals surface area contributed by atoms with Gasteiger partial charge >= 0.3 is 0 Å². The minimum atomic E-state index is -0.284. The predicted octanol–water partition coefficient (Wildman–Crippen LogP) is 2.23. The van der Waals surface area contributed by atoms with Gasteiger partial charge in [-0.05, 0) is 25.0 Å². The lowest BCUT2D eigenvalue weighted by molar-refractivity contribution is 0.0934. The van der Waals surface area contributed by atoms with Crippen LogP contribution in [-0.2, 0) is 0 Å². The summed E-state index contributed by atoms with van der Waals surface area (Å²) in [6.45, 7) is 3.71. The normalized spacial score (nSPS) is 11.6. The standard InChI is InChI=1S/C14H17NO2/c1-4-7-11(5-2)15-14(17)12-9-6-8-10(3)13(12)16/h1,6,8-9,11,16H,5,7H2,2-3H3,(H,15,17). The van der Waals surface area contributed by atoms with Crippen molar-refractivity contribution < 1.29 is 9.90 Å². The van der Waals surface area contributed by atoms with Crippen LogP contribution in [0.25, 0.3) is 0 Å². The van der Waals surface area contributed by atoms with E-state index in [1.165, 1.54) is 0 Å². The summed E-state index contributed by atoms with van der Waals surface area (Å²) in [5.74, 6) is 2.27.